The van der Waals surface area contributed by atoms with Crippen LogP contribution in [0.15, 0.2) is 33.0 Å². The lowest BCUT2D eigenvalue weighted by molar-refractivity contribution is -0.153. The van der Waals surface area contributed by atoms with Crippen LogP contribution in [0.25, 0.3) is 11.0 Å². The van der Waals surface area contributed by atoms with Gasteiger partial charge in [-0.05, 0) is 129 Å². The Bertz CT molecular complexity index is 1620. The van der Waals surface area contributed by atoms with Gasteiger partial charge >= 0.3 is 11.6 Å². The number of esters is 1. The molecule has 1 aromatic heterocycles. The van der Waals surface area contributed by atoms with Crippen LogP contribution in [0.2, 0.25) is 5.02 Å². The summed E-state index contributed by atoms with van der Waals surface area (Å²) >= 11 is 6.60. The van der Waals surface area contributed by atoms with Crippen molar-refractivity contribution >= 4 is 28.5 Å². The Hall–Kier alpha value is -2.27. The molecular weight excluding hydrogens is 620 g/mol. The first kappa shape index (κ1) is 34.2. The van der Waals surface area contributed by atoms with Crippen molar-refractivity contribution in [2.75, 3.05) is 6.61 Å². The topological polar surface area (TPSA) is 65.7 Å². The highest BCUT2D eigenvalue weighted by Gasteiger charge is 2.59. The van der Waals surface area contributed by atoms with Crippen LogP contribution in [-0.2, 0) is 22.4 Å². The van der Waals surface area contributed by atoms with Gasteiger partial charge in [-0.25, -0.2) is 9.59 Å². The molecule has 0 unspecified atom stereocenters. The lowest BCUT2D eigenvalue weighted by Crippen LogP contribution is -2.51. The number of hydrogen-bond acceptors (Lipinski definition) is 5. The van der Waals surface area contributed by atoms with Crippen molar-refractivity contribution in [2.24, 2.45) is 46.3 Å². The number of fused-ring (bicyclic) bond motifs is 8. The monoisotopic (exact) mass is 676 g/mol. The van der Waals surface area contributed by atoms with E-state index in [4.69, 9.17) is 25.5 Å². The number of halogens is 1. The maximum atomic E-state index is 13.0. The van der Waals surface area contributed by atoms with Crippen LogP contribution in [0.5, 0.6) is 5.75 Å². The van der Waals surface area contributed by atoms with Crippen molar-refractivity contribution in [2.45, 2.75) is 137 Å². The molecule has 0 spiro atoms. The van der Waals surface area contributed by atoms with Gasteiger partial charge in [0, 0.05) is 23.4 Å². The van der Waals surface area contributed by atoms with E-state index in [-0.39, 0.29) is 29.7 Å². The van der Waals surface area contributed by atoms with Crippen molar-refractivity contribution in [3.63, 3.8) is 0 Å². The summed E-state index contributed by atoms with van der Waals surface area (Å²) in [5.74, 6) is 4.84. The second-order valence-corrected chi connectivity index (χ2v) is 17.7. The van der Waals surface area contributed by atoms with Crippen LogP contribution in [-0.4, -0.2) is 18.7 Å². The van der Waals surface area contributed by atoms with Crippen molar-refractivity contribution in [3.05, 3.63) is 50.4 Å². The molecular formula is C42H57ClO5. The molecule has 2 aromatic rings. The average Bonchev–Trinajstić information content (AvgIpc) is 3.42. The molecule has 5 aliphatic rings. The number of carbonyl (C=O) groups is 1. The normalized spacial score (nSPS) is 33.3. The second kappa shape index (κ2) is 13.5. The Morgan fingerprint density at radius 3 is 2.58 bits per heavy atom. The third-order valence-corrected chi connectivity index (χ3v) is 14.5. The zero-order chi connectivity index (χ0) is 33.8. The summed E-state index contributed by atoms with van der Waals surface area (Å²) in [5, 5.41) is 1.27. The third kappa shape index (κ3) is 6.17. The summed E-state index contributed by atoms with van der Waals surface area (Å²) in [6, 6.07) is 3.45. The molecule has 0 bridgehead atoms. The van der Waals surface area contributed by atoms with Gasteiger partial charge in [-0.2, -0.15) is 0 Å². The van der Waals surface area contributed by atoms with E-state index in [1.807, 2.05) is 6.07 Å². The molecule has 262 valence electrons. The summed E-state index contributed by atoms with van der Waals surface area (Å²) in [7, 11) is 0. The lowest BCUT2D eigenvalue weighted by atomic mass is 9.47. The molecule has 1 heterocycles. The van der Waals surface area contributed by atoms with E-state index in [2.05, 4.69) is 40.7 Å². The van der Waals surface area contributed by atoms with Crippen LogP contribution in [0, 0.1) is 46.3 Å². The maximum Gasteiger partial charge on any atom is 0.344 e. The number of allylic oxidation sites excluding steroid dienone is 1. The van der Waals surface area contributed by atoms with Gasteiger partial charge in [-0.1, -0.05) is 77.1 Å². The van der Waals surface area contributed by atoms with Crippen LogP contribution >= 0.6 is 11.6 Å². The van der Waals surface area contributed by atoms with E-state index in [0.29, 0.717) is 21.8 Å². The maximum absolute atomic E-state index is 13.0. The minimum absolute atomic E-state index is 0.120. The first-order valence-electron chi connectivity index (χ1n) is 19.3. The summed E-state index contributed by atoms with van der Waals surface area (Å²) in [5.41, 5.74) is 4.19. The minimum Gasteiger partial charge on any atom is -0.480 e. The molecule has 0 aliphatic heterocycles. The predicted octanol–water partition coefficient (Wildman–Crippen LogP) is 10.7. The second-order valence-electron chi connectivity index (χ2n) is 17.3. The van der Waals surface area contributed by atoms with E-state index in [1.54, 1.807) is 6.07 Å². The van der Waals surface area contributed by atoms with Gasteiger partial charge < -0.3 is 13.9 Å². The number of ether oxygens (including phenoxy) is 2. The molecule has 8 atom stereocenters. The van der Waals surface area contributed by atoms with Crippen LogP contribution < -0.4 is 10.4 Å². The molecule has 3 fully saturated rings. The van der Waals surface area contributed by atoms with Crippen molar-refractivity contribution in [3.8, 4) is 5.75 Å². The highest BCUT2D eigenvalue weighted by molar-refractivity contribution is 6.32. The SMILES string of the molecule is CC(C)CCC[C@@H](C)[C@H]1CC[C@H]2[C@@H]3CC=C4C[C@@H](OC(=O)COc5cc6oc(=O)c7c(c6cc5Cl)CCCC7)CC[C@]4(C)[C@H]3CC[C@]12C. The minimum atomic E-state index is -0.381. The highest BCUT2D eigenvalue weighted by atomic mass is 35.5. The molecule has 48 heavy (non-hydrogen) atoms. The van der Waals surface area contributed by atoms with Crippen LogP contribution in [0.1, 0.15) is 129 Å². The Kier molecular flexibility index (Phi) is 9.58. The third-order valence-electron chi connectivity index (χ3n) is 14.2. The van der Waals surface area contributed by atoms with Gasteiger partial charge in [0.25, 0.3) is 0 Å². The molecule has 0 radical (unpaired) electrons. The van der Waals surface area contributed by atoms with Crippen molar-refractivity contribution in [1.82, 2.24) is 0 Å². The highest BCUT2D eigenvalue weighted by Crippen LogP contribution is 2.67. The molecule has 7 rings (SSSR count). The molecule has 5 aliphatic carbocycles. The molecule has 3 saturated carbocycles. The van der Waals surface area contributed by atoms with Gasteiger partial charge in [-0.15, -0.1) is 0 Å². The van der Waals surface area contributed by atoms with Gasteiger partial charge in [-0.3, -0.25) is 0 Å². The molecule has 0 N–H and O–H groups in total. The van der Waals surface area contributed by atoms with E-state index < -0.39 is 0 Å². The zero-order valence-electron chi connectivity index (χ0n) is 30.0. The van der Waals surface area contributed by atoms with E-state index >= 15 is 0 Å². The number of carbonyl (C=O) groups excluding carboxylic acids is 1. The van der Waals surface area contributed by atoms with Gasteiger partial charge in [0.05, 0.1) is 5.02 Å². The number of benzene rings is 1. The smallest absolute Gasteiger partial charge is 0.344 e. The quantitative estimate of drug-likeness (QED) is 0.150. The van der Waals surface area contributed by atoms with Crippen LogP contribution in [0.4, 0.5) is 0 Å². The summed E-state index contributed by atoms with van der Waals surface area (Å²) < 4.78 is 17.5. The van der Waals surface area contributed by atoms with Gasteiger partial charge in [0.1, 0.15) is 17.4 Å². The number of hydrogen-bond donors (Lipinski definition) is 0. The summed E-state index contributed by atoms with van der Waals surface area (Å²) in [6.07, 6.45) is 19.7. The molecule has 6 heteroatoms. The molecule has 0 amide bonds. The van der Waals surface area contributed by atoms with E-state index in [0.717, 1.165) is 97.0 Å². The lowest BCUT2D eigenvalue weighted by Gasteiger charge is -2.58. The zero-order valence-corrected chi connectivity index (χ0v) is 30.8. The van der Waals surface area contributed by atoms with Gasteiger partial charge in [0.15, 0.2) is 6.61 Å². The fourth-order valence-corrected chi connectivity index (χ4v) is 11.9. The Labute approximate surface area is 292 Å². The average molecular weight is 677 g/mol. The first-order chi connectivity index (χ1) is 23.0. The number of rotatable bonds is 9. The van der Waals surface area contributed by atoms with E-state index in [9.17, 15) is 9.59 Å². The Morgan fingerprint density at radius 1 is 1.00 bits per heavy atom. The largest absolute Gasteiger partial charge is 0.480 e. The summed E-state index contributed by atoms with van der Waals surface area (Å²) in [4.78, 5) is 25.6. The fraction of sp³-hybridized carbons (Fsp3) is 0.714. The predicted molar refractivity (Wildman–Crippen MR) is 193 cm³/mol. The number of aryl methyl sites for hydroxylation is 1. The molecule has 0 saturated heterocycles. The van der Waals surface area contributed by atoms with Gasteiger partial charge in [0.2, 0.25) is 0 Å². The Morgan fingerprint density at radius 2 is 1.79 bits per heavy atom. The fourth-order valence-electron chi connectivity index (χ4n) is 11.7. The van der Waals surface area contributed by atoms with Crippen molar-refractivity contribution in [1.29, 1.82) is 0 Å². The molecule has 5 nitrogen and oxygen atoms in total. The van der Waals surface area contributed by atoms with E-state index in [1.165, 1.54) is 56.9 Å². The summed E-state index contributed by atoms with van der Waals surface area (Å²) in [6.45, 7) is 12.2. The molecule has 1 aromatic carbocycles. The Balaban J connectivity index is 0.966. The van der Waals surface area contributed by atoms with Crippen molar-refractivity contribution < 1.29 is 18.7 Å². The van der Waals surface area contributed by atoms with Crippen LogP contribution in [0.3, 0.4) is 0 Å². The first-order valence-corrected chi connectivity index (χ1v) is 19.7. The standard InChI is InChI=1S/C42H57ClO5/c1-25(2)9-8-10-26(3)33-15-16-34-31-14-13-27-21-28(17-19-41(27,4)35(31)18-20-42(33,34)5)47-39(44)24-46-38-23-37-32(22-36(38)43)29-11-6-7-12-30(29)40(45)48-37/h13,22-23,25-26,28,31,33-35H,6-12,14-21,24H2,1-5H3/t26-,28+,31+,33-,34+,35+,41+,42-/m1/s1.